The van der Waals surface area contributed by atoms with Crippen LogP contribution in [0.3, 0.4) is 0 Å². The van der Waals surface area contributed by atoms with Crippen molar-refractivity contribution in [3.63, 3.8) is 0 Å². The SMILES string of the molecule is COc1ccc(C(C)(C)C)cc1-c1coc(CN)n1. The maximum atomic E-state index is 5.52. The van der Waals surface area contributed by atoms with Crippen molar-refractivity contribution in [2.75, 3.05) is 7.11 Å². The van der Waals surface area contributed by atoms with Gasteiger partial charge in [0.05, 0.1) is 13.7 Å². The van der Waals surface area contributed by atoms with Gasteiger partial charge < -0.3 is 14.9 Å². The number of methoxy groups -OCH3 is 1. The summed E-state index contributed by atoms with van der Waals surface area (Å²) in [7, 11) is 1.65. The molecular formula is C15H20N2O2. The van der Waals surface area contributed by atoms with Crippen LogP contribution < -0.4 is 10.5 Å². The fourth-order valence-electron chi connectivity index (χ4n) is 1.90. The van der Waals surface area contributed by atoms with Gasteiger partial charge in [-0.1, -0.05) is 26.8 Å². The Morgan fingerprint density at radius 2 is 2.05 bits per heavy atom. The smallest absolute Gasteiger partial charge is 0.208 e. The Kier molecular flexibility index (Phi) is 3.62. The predicted octanol–water partition coefficient (Wildman–Crippen LogP) is 3.11. The molecule has 19 heavy (non-hydrogen) atoms. The van der Waals surface area contributed by atoms with Crippen molar-refractivity contribution in [1.82, 2.24) is 4.98 Å². The van der Waals surface area contributed by atoms with Crippen LogP contribution in [0.1, 0.15) is 32.2 Å². The molecule has 1 aromatic heterocycles. The second-order valence-corrected chi connectivity index (χ2v) is 5.50. The molecule has 0 radical (unpaired) electrons. The van der Waals surface area contributed by atoms with Gasteiger partial charge in [-0.15, -0.1) is 0 Å². The van der Waals surface area contributed by atoms with E-state index in [4.69, 9.17) is 14.9 Å². The summed E-state index contributed by atoms with van der Waals surface area (Å²) in [6, 6.07) is 6.13. The molecule has 0 aliphatic rings. The lowest BCUT2D eigenvalue weighted by Gasteiger charge is -2.20. The minimum atomic E-state index is 0.0709. The summed E-state index contributed by atoms with van der Waals surface area (Å²) in [5.41, 5.74) is 8.50. The average Bonchev–Trinajstić information content (AvgIpc) is 2.85. The first-order valence-electron chi connectivity index (χ1n) is 6.29. The molecule has 2 aromatic rings. The number of hydrogen-bond donors (Lipinski definition) is 1. The molecule has 0 bridgehead atoms. The van der Waals surface area contributed by atoms with Crippen molar-refractivity contribution in [2.24, 2.45) is 5.73 Å². The van der Waals surface area contributed by atoms with E-state index in [1.807, 2.05) is 6.07 Å². The average molecular weight is 260 g/mol. The molecule has 0 atom stereocenters. The molecule has 1 heterocycles. The van der Waals surface area contributed by atoms with Crippen molar-refractivity contribution < 1.29 is 9.15 Å². The van der Waals surface area contributed by atoms with Crippen molar-refractivity contribution in [2.45, 2.75) is 32.7 Å². The van der Waals surface area contributed by atoms with Gasteiger partial charge in [0.2, 0.25) is 5.89 Å². The number of nitrogens with two attached hydrogens (primary N) is 1. The van der Waals surface area contributed by atoms with Gasteiger partial charge in [-0.25, -0.2) is 4.98 Å². The van der Waals surface area contributed by atoms with Crippen molar-refractivity contribution >= 4 is 0 Å². The fourth-order valence-corrected chi connectivity index (χ4v) is 1.90. The van der Waals surface area contributed by atoms with Crippen LogP contribution in [-0.4, -0.2) is 12.1 Å². The lowest BCUT2D eigenvalue weighted by atomic mass is 9.86. The lowest BCUT2D eigenvalue weighted by molar-refractivity contribution is 0.415. The number of ether oxygens (including phenoxy) is 1. The van der Waals surface area contributed by atoms with Gasteiger partial charge in [-0.2, -0.15) is 0 Å². The van der Waals surface area contributed by atoms with Crippen LogP contribution in [0, 0.1) is 0 Å². The molecule has 0 fully saturated rings. The molecule has 4 nitrogen and oxygen atoms in total. The predicted molar refractivity (Wildman–Crippen MR) is 75.1 cm³/mol. The summed E-state index contributed by atoms with van der Waals surface area (Å²) in [4.78, 5) is 4.36. The Labute approximate surface area is 113 Å². The molecule has 0 spiro atoms. The highest BCUT2D eigenvalue weighted by Crippen LogP contribution is 2.34. The molecule has 0 saturated carbocycles. The zero-order chi connectivity index (χ0) is 14.0. The first-order valence-corrected chi connectivity index (χ1v) is 6.29. The van der Waals surface area contributed by atoms with Gasteiger partial charge in [-0.3, -0.25) is 0 Å². The zero-order valence-electron chi connectivity index (χ0n) is 11.9. The third kappa shape index (κ3) is 2.79. The van der Waals surface area contributed by atoms with E-state index in [-0.39, 0.29) is 5.41 Å². The van der Waals surface area contributed by atoms with E-state index in [2.05, 4.69) is 37.9 Å². The topological polar surface area (TPSA) is 61.3 Å². The maximum absolute atomic E-state index is 5.52. The molecule has 0 aliphatic carbocycles. The first kappa shape index (κ1) is 13.6. The molecule has 102 valence electrons. The second kappa shape index (κ2) is 5.05. The van der Waals surface area contributed by atoms with Crippen molar-refractivity contribution in [3.8, 4) is 17.0 Å². The van der Waals surface area contributed by atoms with E-state index in [9.17, 15) is 0 Å². The van der Waals surface area contributed by atoms with E-state index in [0.717, 1.165) is 17.0 Å². The molecule has 2 rings (SSSR count). The van der Waals surface area contributed by atoms with Gasteiger partial charge in [0, 0.05) is 5.56 Å². The van der Waals surface area contributed by atoms with Gasteiger partial charge in [0.15, 0.2) is 0 Å². The molecule has 2 N–H and O–H groups in total. The van der Waals surface area contributed by atoms with E-state index < -0.39 is 0 Å². The first-order chi connectivity index (χ1) is 8.95. The number of hydrogen-bond acceptors (Lipinski definition) is 4. The monoisotopic (exact) mass is 260 g/mol. The minimum Gasteiger partial charge on any atom is -0.496 e. The second-order valence-electron chi connectivity index (χ2n) is 5.50. The van der Waals surface area contributed by atoms with E-state index in [0.29, 0.717) is 12.4 Å². The van der Waals surface area contributed by atoms with Gasteiger partial charge in [-0.05, 0) is 23.1 Å². The van der Waals surface area contributed by atoms with E-state index >= 15 is 0 Å². The Morgan fingerprint density at radius 3 is 2.58 bits per heavy atom. The number of rotatable bonds is 3. The molecule has 0 aliphatic heterocycles. The Balaban J connectivity index is 2.53. The van der Waals surface area contributed by atoms with Crippen LogP contribution in [0.2, 0.25) is 0 Å². The Morgan fingerprint density at radius 1 is 1.32 bits per heavy atom. The number of nitrogens with zero attached hydrogens (tertiary/aromatic N) is 1. The van der Waals surface area contributed by atoms with E-state index in [1.165, 1.54) is 5.56 Å². The highest BCUT2D eigenvalue weighted by Gasteiger charge is 2.18. The quantitative estimate of drug-likeness (QED) is 0.921. The Hall–Kier alpha value is -1.81. The van der Waals surface area contributed by atoms with Gasteiger partial charge in [0.25, 0.3) is 0 Å². The fraction of sp³-hybridized carbons (Fsp3) is 0.400. The van der Waals surface area contributed by atoms with Crippen LogP contribution in [0.25, 0.3) is 11.3 Å². The molecule has 0 amide bonds. The number of oxazole rings is 1. The summed E-state index contributed by atoms with van der Waals surface area (Å²) in [6.07, 6.45) is 1.62. The number of benzene rings is 1. The van der Waals surface area contributed by atoms with Gasteiger partial charge >= 0.3 is 0 Å². The Bertz CT molecular complexity index is 568. The summed E-state index contributed by atoms with van der Waals surface area (Å²) in [5, 5.41) is 0. The molecule has 4 heteroatoms. The van der Waals surface area contributed by atoms with Crippen LogP contribution in [0.5, 0.6) is 5.75 Å². The zero-order valence-corrected chi connectivity index (χ0v) is 11.9. The highest BCUT2D eigenvalue weighted by atomic mass is 16.5. The molecular weight excluding hydrogens is 240 g/mol. The third-order valence-corrected chi connectivity index (χ3v) is 3.07. The van der Waals surface area contributed by atoms with Crippen LogP contribution in [0.4, 0.5) is 0 Å². The van der Waals surface area contributed by atoms with Gasteiger partial charge in [0.1, 0.15) is 17.7 Å². The number of aromatic nitrogens is 1. The maximum Gasteiger partial charge on any atom is 0.208 e. The summed E-state index contributed by atoms with van der Waals surface area (Å²) in [6.45, 7) is 6.81. The normalized spacial score (nSPS) is 11.6. The van der Waals surface area contributed by atoms with Crippen LogP contribution in [-0.2, 0) is 12.0 Å². The summed E-state index contributed by atoms with van der Waals surface area (Å²) in [5.74, 6) is 1.31. The summed E-state index contributed by atoms with van der Waals surface area (Å²) >= 11 is 0. The molecule has 0 unspecified atom stereocenters. The highest BCUT2D eigenvalue weighted by molar-refractivity contribution is 5.67. The largest absolute Gasteiger partial charge is 0.496 e. The van der Waals surface area contributed by atoms with Crippen molar-refractivity contribution in [3.05, 3.63) is 35.9 Å². The minimum absolute atomic E-state index is 0.0709. The van der Waals surface area contributed by atoms with Crippen LogP contribution >= 0.6 is 0 Å². The lowest BCUT2D eigenvalue weighted by Crippen LogP contribution is -2.11. The van der Waals surface area contributed by atoms with Crippen LogP contribution in [0.15, 0.2) is 28.9 Å². The summed E-state index contributed by atoms with van der Waals surface area (Å²) < 4.78 is 10.7. The molecule has 0 saturated heterocycles. The third-order valence-electron chi connectivity index (χ3n) is 3.07. The van der Waals surface area contributed by atoms with E-state index in [1.54, 1.807) is 13.4 Å². The standard InChI is InChI=1S/C15H20N2O2/c1-15(2,3)10-5-6-13(18-4)11(7-10)12-9-19-14(8-16)17-12/h5-7,9H,8,16H2,1-4H3. The molecule has 1 aromatic carbocycles. The van der Waals surface area contributed by atoms with Crippen molar-refractivity contribution in [1.29, 1.82) is 0 Å².